The maximum Gasteiger partial charge on any atom is 0.328 e. The van der Waals surface area contributed by atoms with Crippen LogP contribution < -0.4 is 0 Å². The van der Waals surface area contributed by atoms with E-state index in [1.807, 2.05) is 0 Å². The Labute approximate surface area is 90.0 Å². The molecule has 0 saturated carbocycles. The summed E-state index contributed by atoms with van der Waals surface area (Å²) in [5, 5.41) is 8.38. The van der Waals surface area contributed by atoms with Crippen LogP contribution in [0.1, 0.15) is 17.3 Å². The molecule has 0 heterocycles. The minimum atomic E-state index is -3.13. The SMILES string of the molecule is O=C(O)C=Cc1ccccc1C(F)C(F)F. The average molecular weight is 230 g/mol. The van der Waals surface area contributed by atoms with Crippen LogP contribution in [0.3, 0.4) is 0 Å². The molecule has 0 fully saturated rings. The van der Waals surface area contributed by atoms with Crippen molar-refractivity contribution >= 4 is 12.0 Å². The summed E-state index contributed by atoms with van der Waals surface area (Å²) in [6, 6.07) is 5.52. The van der Waals surface area contributed by atoms with Crippen molar-refractivity contribution < 1.29 is 23.1 Å². The van der Waals surface area contributed by atoms with Gasteiger partial charge in [0.1, 0.15) is 0 Å². The van der Waals surface area contributed by atoms with Crippen molar-refractivity contribution in [2.75, 3.05) is 0 Å². The fraction of sp³-hybridized carbons (Fsp3) is 0.182. The molecule has 16 heavy (non-hydrogen) atoms. The number of carboxylic acid groups (broad SMARTS) is 1. The van der Waals surface area contributed by atoms with Crippen molar-refractivity contribution in [2.45, 2.75) is 12.6 Å². The number of alkyl halides is 3. The fourth-order valence-corrected chi connectivity index (χ4v) is 1.21. The maximum absolute atomic E-state index is 13.1. The van der Waals surface area contributed by atoms with Crippen LogP contribution in [0, 0.1) is 0 Å². The van der Waals surface area contributed by atoms with E-state index in [1.54, 1.807) is 0 Å². The van der Waals surface area contributed by atoms with Gasteiger partial charge in [-0.05, 0) is 17.2 Å². The summed E-state index contributed by atoms with van der Waals surface area (Å²) < 4.78 is 37.5. The molecule has 1 aromatic carbocycles. The van der Waals surface area contributed by atoms with Crippen LogP contribution in [-0.2, 0) is 4.79 Å². The van der Waals surface area contributed by atoms with Crippen LogP contribution in [0.2, 0.25) is 0 Å². The van der Waals surface area contributed by atoms with Crippen LogP contribution in [0.25, 0.3) is 6.08 Å². The highest BCUT2D eigenvalue weighted by molar-refractivity contribution is 5.85. The van der Waals surface area contributed by atoms with Gasteiger partial charge in [-0.2, -0.15) is 0 Å². The molecule has 0 aromatic heterocycles. The molecule has 86 valence electrons. The first-order valence-corrected chi connectivity index (χ1v) is 4.44. The number of aliphatic carboxylic acids is 1. The molecule has 0 spiro atoms. The number of carboxylic acids is 1. The van der Waals surface area contributed by atoms with Gasteiger partial charge >= 0.3 is 5.97 Å². The number of hydrogen-bond acceptors (Lipinski definition) is 1. The Hall–Kier alpha value is -1.78. The zero-order valence-corrected chi connectivity index (χ0v) is 8.11. The third-order valence-corrected chi connectivity index (χ3v) is 1.92. The van der Waals surface area contributed by atoms with Crippen molar-refractivity contribution in [3.8, 4) is 0 Å². The van der Waals surface area contributed by atoms with E-state index >= 15 is 0 Å². The molecule has 1 rings (SSSR count). The molecule has 0 aliphatic heterocycles. The third-order valence-electron chi connectivity index (χ3n) is 1.92. The van der Waals surface area contributed by atoms with Gasteiger partial charge in [-0.25, -0.2) is 18.0 Å². The fourth-order valence-electron chi connectivity index (χ4n) is 1.21. The normalized spacial score (nSPS) is 13.2. The largest absolute Gasteiger partial charge is 0.478 e. The van der Waals surface area contributed by atoms with E-state index in [-0.39, 0.29) is 11.1 Å². The summed E-state index contributed by atoms with van der Waals surface area (Å²) >= 11 is 0. The summed E-state index contributed by atoms with van der Waals surface area (Å²) in [7, 11) is 0. The molecule has 1 aromatic rings. The van der Waals surface area contributed by atoms with E-state index in [0.717, 1.165) is 12.2 Å². The predicted molar refractivity (Wildman–Crippen MR) is 53.0 cm³/mol. The first-order chi connectivity index (χ1) is 7.52. The van der Waals surface area contributed by atoms with Crippen LogP contribution in [0.15, 0.2) is 30.3 Å². The zero-order valence-electron chi connectivity index (χ0n) is 8.11. The predicted octanol–water partition coefficient (Wildman–Crippen LogP) is 3.06. The molecule has 1 atom stereocenters. The van der Waals surface area contributed by atoms with Crippen molar-refractivity contribution in [1.29, 1.82) is 0 Å². The molecule has 0 bridgehead atoms. The topological polar surface area (TPSA) is 37.3 Å². The van der Waals surface area contributed by atoms with E-state index in [9.17, 15) is 18.0 Å². The maximum atomic E-state index is 13.1. The Morgan fingerprint density at radius 3 is 2.44 bits per heavy atom. The Morgan fingerprint density at radius 2 is 1.88 bits per heavy atom. The van der Waals surface area contributed by atoms with Gasteiger partial charge in [0.15, 0.2) is 6.17 Å². The number of halogens is 3. The van der Waals surface area contributed by atoms with Crippen LogP contribution >= 0.6 is 0 Å². The molecule has 1 N–H and O–H groups in total. The minimum Gasteiger partial charge on any atom is -0.478 e. The van der Waals surface area contributed by atoms with Gasteiger partial charge in [-0.3, -0.25) is 0 Å². The minimum absolute atomic E-state index is 0.137. The van der Waals surface area contributed by atoms with Crippen LogP contribution in [0.4, 0.5) is 13.2 Å². The second-order valence-electron chi connectivity index (χ2n) is 3.04. The Bertz CT molecular complexity index is 402. The molecule has 0 aliphatic rings. The second kappa shape index (κ2) is 5.34. The molecule has 0 radical (unpaired) electrons. The lowest BCUT2D eigenvalue weighted by molar-refractivity contribution is -0.131. The van der Waals surface area contributed by atoms with Crippen molar-refractivity contribution in [2.24, 2.45) is 0 Å². The van der Waals surface area contributed by atoms with Crippen molar-refractivity contribution in [1.82, 2.24) is 0 Å². The first-order valence-electron chi connectivity index (χ1n) is 4.44. The third kappa shape index (κ3) is 3.12. The number of rotatable bonds is 4. The summed E-state index contributed by atoms with van der Waals surface area (Å²) in [6.07, 6.45) is -3.67. The van der Waals surface area contributed by atoms with Crippen LogP contribution in [0.5, 0.6) is 0 Å². The summed E-state index contributed by atoms with van der Waals surface area (Å²) in [6.45, 7) is 0. The van der Waals surface area contributed by atoms with Gasteiger partial charge in [0.25, 0.3) is 6.43 Å². The Morgan fingerprint density at radius 1 is 1.25 bits per heavy atom. The quantitative estimate of drug-likeness (QED) is 0.807. The number of benzene rings is 1. The van der Waals surface area contributed by atoms with Crippen molar-refractivity contribution in [3.63, 3.8) is 0 Å². The molecule has 0 aliphatic carbocycles. The molecule has 5 heteroatoms. The zero-order chi connectivity index (χ0) is 12.1. The van der Waals surface area contributed by atoms with E-state index in [4.69, 9.17) is 5.11 Å². The number of carbonyl (C=O) groups is 1. The highest BCUT2D eigenvalue weighted by Gasteiger charge is 2.23. The summed E-state index contributed by atoms with van der Waals surface area (Å²) in [5.41, 5.74) is -0.0762. The van der Waals surface area contributed by atoms with E-state index < -0.39 is 18.6 Å². The van der Waals surface area contributed by atoms with Gasteiger partial charge < -0.3 is 5.11 Å². The number of hydrogen-bond donors (Lipinski definition) is 1. The highest BCUT2D eigenvalue weighted by Crippen LogP contribution is 2.28. The lowest BCUT2D eigenvalue weighted by Crippen LogP contribution is -2.04. The Balaban J connectivity index is 3.05. The lowest BCUT2D eigenvalue weighted by atomic mass is 10.0. The molecular formula is C11H9F3O2. The highest BCUT2D eigenvalue weighted by atomic mass is 19.3. The monoisotopic (exact) mass is 230 g/mol. The van der Waals surface area contributed by atoms with E-state index in [2.05, 4.69) is 0 Å². The van der Waals surface area contributed by atoms with Gasteiger partial charge in [-0.15, -0.1) is 0 Å². The first kappa shape index (κ1) is 12.3. The smallest absolute Gasteiger partial charge is 0.328 e. The second-order valence-corrected chi connectivity index (χ2v) is 3.04. The lowest BCUT2D eigenvalue weighted by Gasteiger charge is -2.10. The van der Waals surface area contributed by atoms with E-state index in [0.29, 0.717) is 0 Å². The van der Waals surface area contributed by atoms with Gasteiger partial charge in [0, 0.05) is 6.08 Å². The molecular weight excluding hydrogens is 221 g/mol. The summed E-state index contributed by atoms with van der Waals surface area (Å²) in [5.74, 6) is -1.22. The van der Waals surface area contributed by atoms with Gasteiger partial charge in [-0.1, -0.05) is 24.3 Å². The molecule has 2 nitrogen and oxygen atoms in total. The molecule has 1 unspecified atom stereocenters. The van der Waals surface area contributed by atoms with E-state index in [1.165, 1.54) is 24.3 Å². The summed E-state index contributed by atoms with van der Waals surface area (Å²) in [4.78, 5) is 10.3. The molecule has 0 amide bonds. The molecule has 0 saturated heterocycles. The van der Waals surface area contributed by atoms with Crippen molar-refractivity contribution in [3.05, 3.63) is 41.5 Å². The van der Waals surface area contributed by atoms with Gasteiger partial charge in [0.05, 0.1) is 0 Å². The van der Waals surface area contributed by atoms with Gasteiger partial charge in [0.2, 0.25) is 0 Å². The standard InChI is InChI=1S/C11H9F3O2/c12-10(11(13)14)8-4-2-1-3-7(8)5-6-9(15)16/h1-6,10-11H,(H,15,16). The van der Waals surface area contributed by atoms with Crippen LogP contribution in [-0.4, -0.2) is 17.5 Å². The Kier molecular flexibility index (Phi) is 4.10. The average Bonchev–Trinajstić information content (AvgIpc) is 2.25.